The fourth-order valence-corrected chi connectivity index (χ4v) is 1.01. The lowest BCUT2D eigenvalue weighted by atomic mass is 10.1. The van der Waals surface area contributed by atoms with Crippen LogP contribution in [-0.4, -0.2) is 25.3 Å². The van der Waals surface area contributed by atoms with Crippen LogP contribution in [0.2, 0.25) is 0 Å². The Morgan fingerprint density at radius 2 is 2.22 bits per heavy atom. The van der Waals surface area contributed by atoms with Crippen LogP contribution < -0.4 is 11.5 Å². The van der Waals surface area contributed by atoms with Crippen molar-refractivity contribution >= 4 is 0 Å². The van der Waals surface area contributed by atoms with Crippen molar-refractivity contribution < 1.29 is 4.74 Å². The zero-order valence-electron chi connectivity index (χ0n) is 5.55. The van der Waals surface area contributed by atoms with Gasteiger partial charge < -0.3 is 16.2 Å². The summed E-state index contributed by atoms with van der Waals surface area (Å²) in [5, 5.41) is 0. The van der Waals surface area contributed by atoms with Gasteiger partial charge in [-0.05, 0) is 12.8 Å². The van der Waals surface area contributed by atoms with E-state index in [0.717, 1.165) is 12.8 Å². The monoisotopic (exact) mass is 130 g/mol. The Bertz CT molecular complexity index is 79.1. The van der Waals surface area contributed by atoms with E-state index in [1.165, 1.54) is 0 Å². The van der Waals surface area contributed by atoms with Crippen LogP contribution in [0, 0.1) is 0 Å². The molecule has 1 heterocycles. The zero-order chi connectivity index (χ0) is 6.69. The standard InChI is InChI=1S/C6H14N2O/c7-3-6-2-1-5(8)4-9-6/h5-6H,1-4,7-8H2/t5-,6?/m0/s1. The molecule has 0 amide bonds. The van der Waals surface area contributed by atoms with Crippen molar-refractivity contribution in [2.45, 2.75) is 25.0 Å². The van der Waals surface area contributed by atoms with Crippen LogP contribution in [0.5, 0.6) is 0 Å². The van der Waals surface area contributed by atoms with Crippen LogP contribution in [0.1, 0.15) is 12.8 Å². The maximum absolute atomic E-state index is 5.59. The highest BCUT2D eigenvalue weighted by Gasteiger charge is 2.16. The van der Waals surface area contributed by atoms with Gasteiger partial charge in [-0.3, -0.25) is 0 Å². The molecule has 0 aromatic heterocycles. The molecule has 0 radical (unpaired) electrons. The number of ether oxygens (including phenoxy) is 1. The van der Waals surface area contributed by atoms with Crippen LogP contribution in [0.15, 0.2) is 0 Å². The van der Waals surface area contributed by atoms with E-state index in [0.29, 0.717) is 13.2 Å². The molecule has 3 nitrogen and oxygen atoms in total. The predicted molar refractivity (Wildman–Crippen MR) is 36.0 cm³/mol. The van der Waals surface area contributed by atoms with Crippen molar-refractivity contribution in [3.8, 4) is 0 Å². The van der Waals surface area contributed by atoms with E-state index in [1.807, 2.05) is 0 Å². The van der Waals surface area contributed by atoms with E-state index in [-0.39, 0.29) is 12.1 Å². The molecule has 1 saturated heterocycles. The molecule has 0 bridgehead atoms. The molecule has 0 aromatic rings. The lowest BCUT2D eigenvalue weighted by Gasteiger charge is -2.25. The number of nitrogens with two attached hydrogens (primary N) is 2. The van der Waals surface area contributed by atoms with Crippen LogP contribution >= 0.6 is 0 Å². The van der Waals surface area contributed by atoms with Gasteiger partial charge in [0.25, 0.3) is 0 Å². The Morgan fingerprint density at radius 1 is 1.44 bits per heavy atom. The highest BCUT2D eigenvalue weighted by atomic mass is 16.5. The van der Waals surface area contributed by atoms with Crippen LogP contribution in [-0.2, 0) is 4.74 Å². The average molecular weight is 130 g/mol. The Morgan fingerprint density at radius 3 is 2.67 bits per heavy atom. The minimum Gasteiger partial charge on any atom is -0.375 e. The SMILES string of the molecule is NCC1CC[C@H](N)CO1. The van der Waals surface area contributed by atoms with E-state index in [2.05, 4.69) is 0 Å². The Balaban J connectivity index is 2.18. The summed E-state index contributed by atoms with van der Waals surface area (Å²) in [7, 11) is 0. The maximum atomic E-state index is 5.59. The van der Waals surface area contributed by atoms with E-state index in [4.69, 9.17) is 16.2 Å². The highest BCUT2D eigenvalue weighted by Crippen LogP contribution is 2.10. The first-order valence-corrected chi connectivity index (χ1v) is 3.40. The van der Waals surface area contributed by atoms with Crippen LogP contribution in [0.3, 0.4) is 0 Å². The second kappa shape index (κ2) is 3.15. The molecule has 1 unspecified atom stereocenters. The second-order valence-corrected chi connectivity index (χ2v) is 2.53. The van der Waals surface area contributed by atoms with Crippen molar-refractivity contribution in [2.75, 3.05) is 13.2 Å². The third-order valence-electron chi connectivity index (χ3n) is 1.67. The number of hydrogen-bond donors (Lipinski definition) is 2. The molecule has 0 aromatic carbocycles. The molecule has 54 valence electrons. The highest BCUT2D eigenvalue weighted by molar-refractivity contribution is 4.71. The van der Waals surface area contributed by atoms with Crippen molar-refractivity contribution in [3.05, 3.63) is 0 Å². The molecule has 2 atom stereocenters. The van der Waals surface area contributed by atoms with E-state index in [1.54, 1.807) is 0 Å². The molecule has 0 saturated carbocycles. The zero-order valence-corrected chi connectivity index (χ0v) is 5.55. The van der Waals surface area contributed by atoms with Gasteiger partial charge in [-0.15, -0.1) is 0 Å². The third kappa shape index (κ3) is 1.93. The summed E-state index contributed by atoms with van der Waals surface area (Å²) in [6.45, 7) is 1.31. The van der Waals surface area contributed by atoms with Gasteiger partial charge in [0.2, 0.25) is 0 Å². The molecule has 0 aliphatic carbocycles. The quantitative estimate of drug-likeness (QED) is 0.500. The Kier molecular flexibility index (Phi) is 2.45. The summed E-state index contributed by atoms with van der Waals surface area (Å²) in [6.07, 6.45) is 2.35. The largest absolute Gasteiger partial charge is 0.375 e. The summed E-state index contributed by atoms with van der Waals surface area (Å²) in [5.41, 5.74) is 11.0. The van der Waals surface area contributed by atoms with Gasteiger partial charge in [-0.25, -0.2) is 0 Å². The molecule has 4 N–H and O–H groups in total. The molecular formula is C6H14N2O. The van der Waals surface area contributed by atoms with E-state index in [9.17, 15) is 0 Å². The fourth-order valence-electron chi connectivity index (χ4n) is 1.01. The Labute approximate surface area is 55.4 Å². The summed E-state index contributed by atoms with van der Waals surface area (Å²) < 4.78 is 5.29. The number of hydrogen-bond acceptors (Lipinski definition) is 3. The molecule has 3 heteroatoms. The summed E-state index contributed by atoms with van der Waals surface area (Å²) in [6, 6.07) is 0.243. The molecule has 1 rings (SSSR count). The van der Waals surface area contributed by atoms with Crippen molar-refractivity contribution in [3.63, 3.8) is 0 Å². The second-order valence-electron chi connectivity index (χ2n) is 2.53. The van der Waals surface area contributed by atoms with Gasteiger partial charge in [0.05, 0.1) is 12.7 Å². The third-order valence-corrected chi connectivity index (χ3v) is 1.67. The molecular weight excluding hydrogens is 116 g/mol. The Hall–Kier alpha value is -0.120. The van der Waals surface area contributed by atoms with Gasteiger partial charge >= 0.3 is 0 Å². The van der Waals surface area contributed by atoms with Crippen molar-refractivity contribution in [1.29, 1.82) is 0 Å². The van der Waals surface area contributed by atoms with Gasteiger partial charge in [0.15, 0.2) is 0 Å². The number of rotatable bonds is 1. The normalized spacial score (nSPS) is 36.7. The predicted octanol–water partition coefficient (Wildman–Crippen LogP) is -0.549. The molecule has 1 aliphatic rings. The summed E-state index contributed by atoms with van der Waals surface area (Å²) >= 11 is 0. The lowest BCUT2D eigenvalue weighted by Crippen LogP contribution is -2.38. The van der Waals surface area contributed by atoms with Crippen molar-refractivity contribution in [1.82, 2.24) is 0 Å². The van der Waals surface area contributed by atoms with E-state index >= 15 is 0 Å². The van der Waals surface area contributed by atoms with Gasteiger partial charge in [-0.1, -0.05) is 0 Å². The first-order valence-electron chi connectivity index (χ1n) is 3.40. The van der Waals surface area contributed by atoms with Crippen molar-refractivity contribution in [2.24, 2.45) is 11.5 Å². The minimum atomic E-state index is 0.243. The first kappa shape index (κ1) is 6.99. The first-order chi connectivity index (χ1) is 4.33. The van der Waals surface area contributed by atoms with Crippen LogP contribution in [0.4, 0.5) is 0 Å². The molecule has 0 spiro atoms. The lowest BCUT2D eigenvalue weighted by molar-refractivity contribution is 0.0113. The van der Waals surface area contributed by atoms with E-state index < -0.39 is 0 Å². The van der Waals surface area contributed by atoms with Gasteiger partial charge in [-0.2, -0.15) is 0 Å². The topological polar surface area (TPSA) is 61.3 Å². The smallest absolute Gasteiger partial charge is 0.0698 e. The molecule has 1 fully saturated rings. The minimum absolute atomic E-state index is 0.243. The fraction of sp³-hybridized carbons (Fsp3) is 1.00. The van der Waals surface area contributed by atoms with Gasteiger partial charge in [0.1, 0.15) is 0 Å². The maximum Gasteiger partial charge on any atom is 0.0698 e. The van der Waals surface area contributed by atoms with Crippen LogP contribution in [0.25, 0.3) is 0 Å². The average Bonchev–Trinajstić information content (AvgIpc) is 1.90. The molecule has 1 aliphatic heterocycles. The van der Waals surface area contributed by atoms with Gasteiger partial charge in [0, 0.05) is 12.6 Å². The summed E-state index contributed by atoms with van der Waals surface area (Å²) in [5.74, 6) is 0. The summed E-state index contributed by atoms with van der Waals surface area (Å²) in [4.78, 5) is 0. The molecule has 9 heavy (non-hydrogen) atoms.